The summed E-state index contributed by atoms with van der Waals surface area (Å²) >= 11 is 0.971. The van der Waals surface area contributed by atoms with Gasteiger partial charge in [-0.3, -0.25) is 10.2 Å². The summed E-state index contributed by atoms with van der Waals surface area (Å²) in [6, 6.07) is 14.4. The highest BCUT2D eigenvalue weighted by molar-refractivity contribution is 7.15. The van der Waals surface area contributed by atoms with Crippen molar-refractivity contribution in [3.8, 4) is 17.2 Å². The molecule has 2 aromatic carbocycles. The van der Waals surface area contributed by atoms with Gasteiger partial charge in [0.05, 0.1) is 36.0 Å². The van der Waals surface area contributed by atoms with Gasteiger partial charge < -0.3 is 14.2 Å². The number of nitriles is 1. The van der Waals surface area contributed by atoms with Gasteiger partial charge in [-0.25, -0.2) is 18.8 Å². The van der Waals surface area contributed by atoms with E-state index in [1.807, 2.05) is 6.07 Å². The van der Waals surface area contributed by atoms with Crippen molar-refractivity contribution in [1.82, 2.24) is 4.40 Å². The molecule has 11 heteroatoms. The van der Waals surface area contributed by atoms with E-state index in [-0.39, 0.29) is 44.8 Å². The third kappa shape index (κ3) is 5.12. The van der Waals surface area contributed by atoms with Crippen molar-refractivity contribution in [2.75, 3.05) is 20.3 Å². The van der Waals surface area contributed by atoms with Crippen LogP contribution >= 0.6 is 11.3 Å². The number of hydrogen-bond donors (Lipinski definition) is 1. The van der Waals surface area contributed by atoms with E-state index in [2.05, 4.69) is 0 Å². The van der Waals surface area contributed by atoms with Crippen LogP contribution in [0.1, 0.15) is 56.0 Å². The van der Waals surface area contributed by atoms with Crippen molar-refractivity contribution < 1.29 is 28.6 Å². The molecule has 1 N–H and O–H groups in total. The molecule has 10 nitrogen and oxygen atoms in total. The molecule has 0 radical (unpaired) electrons. The summed E-state index contributed by atoms with van der Waals surface area (Å²) in [6.07, 6.45) is 1.57. The first-order valence-corrected chi connectivity index (χ1v) is 12.9. The molecule has 0 aliphatic carbocycles. The normalized spacial score (nSPS) is 11.2. The smallest absolute Gasteiger partial charge is 0.341 e. The lowest BCUT2D eigenvalue weighted by atomic mass is 9.95. The fourth-order valence-corrected chi connectivity index (χ4v) is 5.21. The van der Waals surface area contributed by atoms with E-state index in [9.17, 15) is 24.4 Å². The molecule has 0 bridgehead atoms. The lowest BCUT2D eigenvalue weighted by molar-refractivity contribution is 0.0518. The number of methoxy groups -OCH3 is 1. The molecule has 0 saturated carbocycles. The number of thiazole rings is 1. The van der Waals surface area contributed by atoms with E-state index in [1.165, 1.54) is 31.4 Å². The third-order valence-corrected chi connectivity index (χ3v) is 7.00. The molecular formula is C29H23N3O7S. The Balaban J connectivity index is 1.99. The Morgan fingerprint density at radius 2 is 1.52 bits per heavy atom. The van der Waals surface area contributed by atoms with E-state index in [4.69, 9.17) is 19.6 Å². The molecule has 0 spiro atoms. The zero-order valence-corrected chi connectivity index (χ0v) is 22.6. The summed E-state index contributed by atoms with van der Waals surface area (Å²) in [6.45, 7) is 3.62. The maximum absolute atomic E-state index is 13.5. The second-order valence-corrected chi connectivity index (χ2v) is 9.30. The average Bonchev–Trinajstić information content (AvgIpc) is 3.28. The van der Waals surface area contributed by atoms with E-state index in [1.54, 1.807) is 44.2 Å². The lowest BCUT2D eigenvalue weighted by Crippen LogP contribution is -2.33. The first-order chi connectivity index (χ1) is 19.2. The van der Waals surface area contributed by atoms with Crippen molar-refractivity contribution in [2.24, 2.45) is 0 Å². The van der Waals surface area contributed by atoms with Crippen LogP contribution in [-0.2, 0) is 14.2 Å². The molecule has 40 heavy (non-hydrogen) atoms. The second-order valence-electron chi connectivity index (χ2n) is 8.27. The summed E-state index contributed by atoms with van der Waals surface area (Å²) in [5.41, 5.74) is 0.481. The number of nitrogens with one attached hydrogen (secondary N) is 1. The number of hydrogen-bond acceptors (Lipinski definition) is 10. The topological polar surface area (TPSA) is 148 Å². The number of nitrogens with zero attached hydrogens (tertiary/aromatic N) is 2. The number of aromatic nitrogens is 1. The van der Waals surface area contributed by atoms with Gasteiger partial charge >= 0.3 is 17.9 Å². The second kappa shape index (κ2) is 11.8. The molecule has 2 heterocycles. The molecule has 0 amide bonds. The predicted octanol–water partition coefficient (Wildman–Crippen LogP) is 3.07. The third-order valence-electron chi connectivity index (χ3n) is 5.90. The maximum atomic E-state index is 13.5. The average molecular weight is 558 g/mol. The molecule has 2 aromatic heterocycles. The van der Waals surface area contributed by atoms with Crippen LogP contribution in [0.15, 0.2) is 53.3 Å². The van der Waals surface area contributed by atoms with Crippen molar-refractivity contribution in [3.05, 3.63) is 96.7 Å². The summed E-state index contributed by atoms with van der Waals surface area (Å²) in [5.74, 6) is -1.80. The SMILES string of the molecule is CCOC(=O)c1ccc(/C=c2\sc3c(C(=O)OCC)c(-c4ccc(C(=O)OC)cc4)c(C#N)c(=N)n3c2=O)cc1. The van der Waals surface area contributed by atoms with Gasteiger partial charge in [-0.15, -0.1) is 11.3 Å². The number of ether oxygens (including phenoxy) is 3. The summed E-state index contributed by atoms with van der Waals surface area (Å²) in [5, 5.41) is 18.7. The number of carbonyl (C=O) groups excluding carboxylic acids is 3. The Labute approximate surface area is 231 Å². The first-order valence-electron chi connectivity index (χ1n) is 12.1. The van der Waals surface area contributed by atoms with Crippen LogP contribution in [0.3, 0.4) is 0 Å². The van der Waals surface area contributed by atoms with E-state index in [0.717, 1.165) is 15.7 Å². The van der Waals surface area contributed by atoms with Crippen LogP contribution < -0.4 is 15.6 Å². The van der Waals surface area contributed by atoms with Gasteiger partial charge in [0.25, 0.3) is 5.56 Å². The zero-order chi connectivity index (χ0) is 29.0. The Morgan fingerprint density at radius 3 is 2.10 bits per heavy atom. The van der Waals surface area contributed by atoms with Crippen LogP contribution in [0.4, 0.5) is 0 Å². The van der Waals surface area contributed by atoms with Gasteiger partial charge in [0, 0.05) is 5.56 Å². The standard InChI is InChI=1S/C29H23N3O7S/c1-4-38-28(35)19-8-6-16(7-9-19)14-21-25(33)32-24(31)20(15-30)22(23(26(32)40-21)29(36)39-5-2)17-10-12-18(13-11-17)27(34)37-3/h6-14,31H,4-5H2,1-3H3/b21-14-,31-24?. The molecule has 202 valence electrons. The molecule has 0 saturated heterocycles. The van der Waals surface area contributed by atoms with Gasteiger partial charge in [-0.2, -0.15) is 5.26 Å². The number of benzene rings is 2. The van der Waals surface area contributed by atoms with Crippen LogP contribution in [0.5, 0.6) is 0 Å². The Hall–Kier alpha value is -5.08. The quantitative estimate of drug-likeness (QED) is 0.269. The van der Waals surface area contributed by atoms with Gasteiger partial charge in [-0.05, 0) is 55.3 Å². The molecule has 0 atom stereocenters. The highest BCUT2D eigenvalue weighted by Gasteiger charge is 2.26. The van der Waals surface area contributed by atoms with Crippen LogP contribution in [-0.4, -0.2) is 42.6 Å². The van der Waals surface area contributed by atoms with Crippen molar-refractivity contribution in [2.45, 2.75) is 13.8 Å². The fraction of sp³-hybridized carbons (Fsp3) is 0.172. The predicted molar refractivity (Wildman–Crippen MR) is 146 cm³/mol. The molecule has 0 aliphatic rings. The Bertz CT molecular complexity index is 1850. The van der Waals surface area contributed by atoms with Crippen molar-refractivity contribution in [3.63, 3.8) is 0 Å². The minimum atomic E-state index is -0.768. The number of carbonyl (C=O) groups is 3. The Kier molecular flexibility index (Phi) is 8.21. The maximum Gasteiger partial charge on any atom is 0.341 e. The van der Waals surface area contributed by atoms with E-state index in [0.29, 0.717) is 16.7 Å². The zero-order valence-electron chi connectivity index (χ0n) is 21.8. The highest BCUT2D eigenvalue weighted by atomic mass is 32.1. The number of fused-ring (bicyclic) bond motifs is 1. The summed E-state index contributed by atoms with van der Waals surface area (Å²) in [7, 11) is 1.25. The van der Waals surface area contributed by atoms with Gasteiger partial charge in [-0.1, -0.05) is 24.3 Å². The van der Waals surface area contributed by atoms with Crippen LogP contribution in [0, 0.1) is 16.7 Å². The van der Waals surface area contributed by atoms with Crippen molar-refractivity contribution in [1.29, 1.82) is 10.7 Å². The van der Waals surface area contributed by atoms with Crippen LogP contribution in [0.25, 0.3) is 22.0 Å². The number of rotatable bonds is 7. The molecular weight excluding hydrogens is 534 g/mol. The van der Waals surface area contributed by atoms with Gasteiger partial charge in [0.15, 0.2) is 5.49 Å². The minimum absolute atomic E-state index is 0.0393. The first kappa shape index (κ1) is 27.9. The Morgan fingerprint density at radius 1 is 0.950 bits per heavy atom. The van der Waals surface area contributed by atoms with Gasteiger partial charge in [0.2, 0.25) is 0 Å². The van der Waals surface area contributed by atoms with Crippen LogP contribution in [0.2, 0.25) is 0 Å². The minimum Gasteiger partial charge on any atom is -0.465 e. The molecule has 4 rings (SSSR count). The number of esters is 3. The molecule has 4 aromatic rings. The number of pyridine rings is 1. The summed E-state index contributed by atoms with van der Waals surface area (Å²) in [4.78, 5) is 50.7. The molecule has 0 unspecified atom stereocenters. The monoisotopic (exact) mass is 557 g/mol. The largest absolute Gasteiger partial charge is 0.465 e. The molecule has 0 aliphatic heterocycles. The summed E-state index contributed by atoms with van der Waals surface area (Å²) < 4.78 is 16.2. The highest BCUT2D eigenvalue weighted by Crippen LogP contribution is 2.30. The van der Waals surface area contributed by atoms with E-state index < -0.39 is 29.0 Å². The van der Waals surface area contributed by atoms with Crippen molar-refractivity contribution >= 4 is 40.2 Å². The van der Waals surface area contributed by atoms with Gasteiger partial charge in [0.1, 0.15) is 22.0 Å². The molecule has 0 fully saturated rings. The fourth-order valence-electron chi connectivity index (χ4n) is 4.08. The van der Waals surface area contributed by atoms with E-state index >= 15 is 0 Å². The lowest BCUT2D eigenvalue weighted by Gasteiger charge is -2.13.